The molecule has 3 heterocycles. The van der Waals surface area contributed by atoms with Gasteiger partial charge in [-0.1, -0.05) is 0 Å². The summed E-state index contributed by atoms with van der Waals surface area (Å²) in [6.45, 7) is 12.6. The van der Waals surface area contributed by atoms with E-state index in [2.05, 4.69) is 9.97 Å². The molecule has 0 aliphatic carbocycles. The monoisotopic (exact) mass is 336 g/mol. The Balaban J connectivity index is 1.57. The number of rotatable bonds is 4. The van der Waals surface area contributed by atoms with Gasteiger partial charge in [0.15, 0.2) is 5.79 Å². The highest BCUT2D eigenvalue weighted by Gasteiger charge is 2.52. The van der Waals surface area contributed by atoms with Crippen LogP contribution in [-0.2, 0) is 18.8 Å². The molecule has 7 nitrogen and oxygen atoms in total. The lowest BCUT2D eigenvalue weighted by atomic mass is 9.81. The van der Waals surface area contributed by atoms with Gasteiger partial charge in [-0.3, -0.25) is 0 Å². The molecule has 0 aromatic carbocycles. The van der Waals surface area contributed by atoms with Gasteiger partial charge < -0.3 is 23.5 Å². The first kappa shape index (κ1) is 17.6. The first-order chi connectivity index (χ1) is 11.1. The molecule has 2 fully saturated rings. The molecule has 0 saturated carbocycles. The Kier molecular flexibility index (Phi) is 4.36. The fourth-order valence-electron chi connectivity index (χ4n) is 2.51. The maximum Gasteiger partial charge on any atom is 0.498 e. The lowest BCUT2D eigenvalue weighted by Crippen LogP contribution is -2.41. The van der Waals surface area contributed by atoms with Gasteiger partial charge >= 0.3 is 13.1 Å². The van der Waals surface area contributed by atoms with Gasteiger partial charge in [0.25, 0.3) is 0 Å². The number of ether oxygens (including phenoxy) is 3. The van der Waals surface area contributed by atoms with Crippen LogP contribution in [0, 0.1) is 0 Å². The predicted octanol–water partition coefficient (Wildman–Crippen LogP) is 1.31. The summed E-state index contributed by atoms with van der Waals surface area (Å²) in [4.78, 5) is 8.45. The van der Waals surface area contributed by atoms with E-state index in [1.54, 1.807) is 12.4 Å². The topological polar surface area (TPSA) is 71.9 Å². The van der Waals surface area contributed by atoms with Crippen LogP contribution in [0.4, 0.5) is 0 Å². The molecule has 0 bridgehead atoms. The number of hydrogen-bond donors (Lipinski definition) is 0. The molecular formula is C16H25BN2O5. The lowest BCUT2D eigenvalue weighted by molar-refractivity contribution is -0.141. The van der Waals surface area contributed by atoms with Crippen molar-refractivity contribution in [2.75, 3.05) is 13.2 Å². The highest BCUT2D eigenvalue weighted by Crippen LogP contribution is 2.36. The first-order valence-corrected chi connectivity index (χ1v) is 8.20. The summed E-state index contributed by atoms with van der Waals surface area (Å²) >= 11 is 0. The van der Waals surface area contributed by atoms with Gasteiger partial charge in [0.05, 0.1) is 17.8 Å². The molecule has 2 aliphatic rings. The van der Waals surface area contributed by atoms with Crippen molar-refractivity contribution in [1.82, 2.24) is 9.97 Å². The summed E-state index contributed by atoms with van der Waals surface area (Å²) in [7, 11) is -0.476. The Morgan fingerprint density at radius 1 is 1.08 bits per heavy atom. The molecule has 0 spiro atoms. The Labute approximate surface area is 143 Å². The molecule has 2 aliphatic heterocycles. The van der Waals surface area contributed by atoms with E-state index < -0.39 is 12.9 Å². The molecule has 0 amide bonds. The SMILES string of the molecule is CC1(C)OCC(COc2ncc(B3OC(C)(C)C(C)(C)O3)cn2)O1. The van der Waals surface area contributed by atoms with Crippen LogP contribution in [-0.4, -0.2) is 53.4 Å². The standard InChI is InChI=1S/C16H25BN2O5/c1-14(2)15(3,4)24-17(23-14)11-7-18-13(19-8-11)20-9-12-10-21-16(5,6)22-12/h7-8,12H,9-10H2,1-6H3. The number of nitrogens with zero attached hydrogens (tertiary/aromatic N) is 2. The molecule has 1 unspecified atom stereocenters. The summed E-state index contributed by atoms with van der Waals surface area (Å²) in [5, 5.41) is 0. The van der Waals surface area contributed by atoms with Crippen LogP contribution in [0.15, 0.2) is 12.4 Å². The highest BCUT2D eigenvalue weighted by molar-refractivity contribution is 6.61. The van der Waals surface area contributed by atoms with E-state index in [1.807, 2.05) is 41.5 Å². The van der Waals surface area contributed by atoms with E-state index in [-0.39, 0.29) is 17.3 Å². The summed E-state index contributed by atoms with van der Waals surface area (Å²) in [5.41, 5.74) is -0.0126. The second-order valence-corrected chi connectivity index (χ2v) is 7.65. The van der Waals surface area contributed by atoms with E-state index in [0.29, 0.717) is 19.2 Å². The van der Waals surface area contributed by atoms with Crippen molar-refractivity contribution < 1.29 is 23.5 Å². The van der Waals surface area contributed by atoms with Crippen molar-refractivity contribution in [2.24, 2.45) is 0 Å². The van der Waals surface area contributed by atoms with Crippen LogP contribution in [0.5, 0.6) is 6.01 Å². The average molecular weight is 336 g/mol. The molecule has 3 rings (SSSR count). The van der Waals surface area contributed by atoms with Crippen molar-refractivity contribution in [3.05, 3.63) is 12.4 Å². The summed E-state index contributed by atoms with van der Waals surface area (Å²) in [5.74, 6) is -0.560. The van der Waals surface area contributed by atoms with Crippen molar-refractivity contribution in [2.45, 2.75) is 64.6 Å². The van der Waals surface area contributed by atoms with Crippen LogP contribution in [0.3, 0.4) is 0 Å². The maximum atomic E-state index is 5.97. The summed E-state index contributed by atoms with van der Waals surface area (Å²) in [6, 6.07) is 0.295. The second kappa shape index (κ2) is 5.95. The molecular weight excluding hydrogens is 311 g/mol. The van der Waals surface area contributed by atoms with Gasteiger partial charge in [0.1, 0.15) is 12.7 Å². The fourth-order valence-corrected chi connectivity index (χ4v) is 2.51. The van der Waals surface area contributed by atoms with E-state index in [9.17, 15) is 0 Å². The average Bonchev–Trinajstić information content (AvgIpc) is 2.93. The minimum atomic E-state index is -0.560. The second-order valence-electron chi connectivity index (χ2n) is 7.65. The van der Waals surface area contributed by atoms with Crippen LogP contribution in [0.25, 0.3) is 0 Å². The summed E-state index contributed by atoms with van der Waals surface area (Å²) < 4.78 is 28.7. The van der Waals surface area contributed by atoms with E-state index >= 15 is 0 Å². The number of aromatic nitrogens is 2. The van der Waals surface area contributed by atoms with Gasteiger partial charge in [-0.15, -0.1) is 0 Å². The van der Waals surface area contributed by atoms with E-state index in [4.69, 9.17) is 23.5 Å². The molecule has 2 saturated heterocycles. The van der Waals surface area contributed by atoms with Gasteiger partial charge in [-0.2, -0.15) is 0 Å². The quantitative estimate of drug-likeness (QED) is 0.768. The third kappa shape index (κ3) is 3.56. The van der Waals surface area contributed by atoms with Crippen molar-refractivity contribution in [1.29, 1.82) is 0 Å². The zero-order valence-electron chi connectivity index (χ0n) is 15.2. The van der Waals surface area contributed by atoms with Gasteiger partial charge in [-0.05, 0) is 41.5 Å². The molecule has 1 aromatic heterocycles. The molecule has 1 aromatic rings. The first-order valence-electron chi connectivity index (χ1n) is 8.20. The molecule has 24 heavy (non-hydrogen) atoms. The van der Waals surface area contributed by atoms with Crippen molar-refractivity contribution in [3.63, 3.8) is 0 Å². The molecule has 1 atom stereocenters. The molecule has 0 N–H and O–H groups in total. The number of hydrogen-bond acceptors (Lipinski definition) is 7. The van der Waals surface area contributed by atoms with Crippen LogP contribution in [0.2, 0.25) is 0 Å². The zero-order chi connectivity index (χ0) is 17.6. The van der Waals surface area contributed by atoms with E-state index in [0.717, 1.165) is 5.46 Å². The zero-order valence-corrected chi connectivity index (χ0v) is 15.2. The van der Waals surface area contributed by atoms with Crippen LogP contribution >= 0.6 is 0 Å². The summed E-state index contributed by atoms with van der Waals surface area (Å²) in [6.07, 6.45) is 3.22. The van der Waals surface area contributed by atoms with E-state index in [1.165, 1.54) is 0 Å². The minimum absolute atomic E-state index is 0.119. The largest absolute Gasteiger partial charge is 0.498 e. The normalized spacial score (nSPS) is 27.4. The van der Waals surface area contributed by atoms with Gasteiger partial charge in [0.2, 0.25) is 0 Å². The fraction of sp³-hybridized carbons (Fsp3) is 0.750. The van der Waals surface area contributed by atoms with Crippen LogP contribution < -0.4 is 10.2 Å². The van der Waals surface area contributed by atoms with Crippen molar-refractivity contribution in [3.8, 4) is 6.01 Å². The third-order valence-corrected chi connectivity index (χ3v) is 4.64. The molecule has 8 heteroatoms. The molecule has 0 radical (unpaired) electrons. The Bertz CT molecular complexity index is 575. The Morgan fingerprint density at radius 3 is 2.17 bits per heavy atom. The Hall–Kier alpha value is -1.22. The highest BCUT2D eigenvalue weighted by atomic mass is 16.7. The van der Waals surface area contributed by atoms with Crippen LogP contribution in [0.1, 0.15) is 41.5 Å². The maximum absolute atomic E-state index is 5.97. The Morgan fingerprint density at radius 2 is 1.67 bits per heavy atom. The lowest BCUT2D eigenvalue weighted by Gasteiger charge is -2.32. The minimum Gasteiger partial charge on any atom is -0.461 e. The molecule has 132 valence electrons. The van der Waals surface area contributed by atoms with Crippen molar-refractivity contribution >= 4 is 12.6 Å². The van der Waals surface area contributed by atoms with Gasteiger partial charge in [-0.25, -0.2) is 9.97 Å². The predicted molar refractivity (Wildman–Crippen MR) is 88.1 cm³/mol. The third-order valence-electron chi connectivity index (χ3n) is 4.64. The smallest absolute Gasteiger partial charge is 0.461 e. The van der Waals surface area contributed by atoms with Gasteiger partial charge in [0, 0.05) is 17.9 Å².